The summed E-state index contributed by atoms with van der Waals surface area (Å²) in [6.07, 6.45) is 1.02. The van der Waals surface area contributed by atoms with Crippen LogP contribution in [0.3, 0.4) is 0 Å². The number of aromatic hydroxyl groups is 1. The summed E-state index contributed by atoms with van der Waals surface area (Å²) in [4.78, 5) is 13.2. The number of hydrogen-bond donors (Lipinski definition) is 2. The standard InChI is InChI=1S/C17H17NO3/c19-16-9-12(5-6-15(16)17(20)21)10-18-8-7-13-3-1-2-4-14(13)11-18/h1-6,9,19H,7-8,10-11H2,(H,20,21). The molecule has 1 aliphatic heterocycles. The molecule has 0 spiro atoms. The van der Waals surface area contributed by atoms with Crippen LogP contribution in [0.25, 0.3) is 0 Å². The first-order valence-electron chi connectivity index (χ1n) is 6.98. The van der Waals surface area contributed by atoms with E-state index in [-0.39, 0.29) is 11.3 Å². The number of hydrogen-bond acceptors (Lipinski definition) is 3. The Morgan fingerprint density at radius 1 is 1.14 bits per heavy atom. The Hall–Kier alpha value is -2.33. The number of fused-ring (bicyclic) bond motifs is 1. The Kier molecular flexibility index (Phi) is 3.62. The molecular formula is C17H17NO3. The number of nitrogens with zero attached hydrogens (tertiary/aromatic N) is 1. The van der Waals surface area contributed by atoms with Crippen molar-refractivity contribution < 1.29 is 15.0 Å². The summed E-state index contributed by atoms with van der Waals surface area (Å²) >= 11 is 0. The summed E-state index contributed by atoms with van der Waals surface area (Å²) < 4.78 is 0. The maximum absolute atomic E-state index is 10.9. The lowest BCUT2D eigenvalue weighted by Crippen LogP contribution is -2.29. The molecule has 4 heteroatoms. The zero-order valence-electron chi connectivity index (χ0n) is 11.6. The fourth-order valence-electron chi connectivity index (χ4n) is 2.80. The van der Waals surface area contributed by atoms with E-state index in [9.17, 15) is 9.90 Å². The quantitative estimate of drug-likeness (QED) is 0.909. The van der Waals surface area contributed by atoms with Crippen molar-refractivity contribution in [3.05, 3.63) is 64.7 Å². The second-order valence-corrected chi connectivity index (χ2v) is 5.39. The van der Waals surface area contributed by atoms with Gasteiger partial charge >= 0.3 is 5.97 Å². The topological polar surface area (TPSA) is 60.8 Å². The highest BCUT2D eigenvalue weighted by Gasteiger charge is 2.17. The smallest absolute Gasteiger partial charge is 0.339 e. The van der Waals surface area contributed by atoms with Gasteiger partial charge in [0, 0.05) is 19.6 Å². The molecule has 108 valence electrons. The average Bonchev–Trinajstić information content (AvgIpc) is 2.47. The third kappa shape index (κ3) is 2.90. The first-order chi connectivity index (χ1) is 10.1. The largest absolute Gasteiger partial charge is 0.507 e. The van der Waals surface area contributed by atoms with Gasteiger partial charge in [0.15, 0.2) is 0 Å². The van der Waals surface area contributed by atoms with E-state index in [2.05, 4.69) is 29.2 Å². The van der Waals surface area contributed by atoms with Gasteiger partial charge in [0.25, 0.3) is 0 Å². The van der Waals surface area contributed by atoms with Gasteiger partial charge in [-0.3, -0.25) is 4.90 Å². The Morgan fingerprint density at radius 2 is 1.90 bits per heavy atom. The Labute approximate surface area is 123 Å². The third-order valence-corrected chi connectivity index (χ3v) is 3.91. The Balaban J connectivity index is 1.73. The predicted molar refractivity (Wildman–Crippen MR) is 79.3 cm³/mol. The second kappa shape index (κ2) is 5.58. The van der Waals surface area contributed by atoms with E-state index >= 15 is 0 Å². The van der Waals surface area contributed by atoms with Crippen LogP contribution in [0.2, 0.25) is 0 Å². The van der Waals surface area contributed by atoms with Crippen molar-refractivity contribution in [2.45, 2.75) is 19.5 Å². The van der Waals surface area contributed by atoms with Crippen molar-refractivity contribution in [1.82, 2.24) is 4.90 Å². The minimum Gasteiger partial charge on any atom is -0.507 e. The highest BCUT2D eigenvalue weighted by molar-refractivity contribution is 5.90. The van der Waals surface area contributed by atoms with Crippen molar-refractivity contribution in [1.29, 1.82) is 0 Å². The van der Waals surface area contributed by atoms with E-state index < -0.39 is 5.97 Å². The lowest BCUT2D eigenvalue weighted by Gasteiger charge is -2.28. The maximum atomic E-state index is 10.9. The zero-order chi connectivity index (χ0) is 14.8. The summed E-state index contributed by atoms with van der Waals surface area (Å²) in [5.41, 5.74) is 3.62. The molecule has 1 aliphatic rings. The van der Waals surface area contributed by atoms with E-state index in [4.69, 9.17) is 5.11 Å². The molecule has 0 saturated carbocycles. The summed E-state index contributed by atoms with van der Waals surface area (Å²) in [7, 11) is 0. The molecule has 0 aromatic heterocycles. The van der Waals surface area contributed by atoms with Crippen LogP contribution in [0.15, 0.2) is 42.5 Å². The molecule has 4 nitrogen and oxygen atoms in total. The predicted octanol–water partition coefficient (Wildman–Crippen LogP) is 2.65. The van der Waals surface area contributed by atoms with Crippen molar-refractivity contribution in [3.8, 4) is 5.75 Å². The molecule has 2 N–H and O–H groups in total. The molecule has 0 amide bonds. The van der Waals surface area contributed by atoms with Gasteiger partial charge in [0.05, 0.1) is 0 Å². The summed E-state index contributed by atoms with van der Waals surface area (Å²) in [6.45, 7) is 2.57. The minimum absolute atomic E-state index is 0.0530. The molecule has 0 atom stereocenters. The van der Waals surface area contributed by atoms with Gasteiger partial charge in [-0.2, -0.15) is 0 Å². The van der Waals surface area contributed by atoms with Gasteiger partial charge in [0.2, 0.25) is 0 Å². The molecule has 0 bridgehead atoms. The van der Waals surface area contributed by atoms with Gasteiger partial charge in [-0.25, -0.2) is 4.79 Å². The number of carboxylic acids is 1. The van der Waals surface area contributed by atoms with Gasteiger partial charge < -0.3 is 10.2 Å². The monoisotopic (exact) mass is 283 g/mol. The zero-order valence-corrected chi connectivity index (χ0v) is 11.6. The van der Waals surface area contributed by atoms with Crippen molar-refractivity contribution in [2.75, 3.05) is 6.54 Å². The number of benzene rings is 2. The lowest BCUT2D eigenvalue weighted by molar-refractivity contribution is 0.0693. The number of carboxylic acid groups (broad SMARTS) is 1. The van der Waals surface area contributed by atoms with E-state index in [1.165, 1.54) is 17.2 Å². The molecule has 0 radical (unpaired) electrons. The lowest BCUT2D eigenvalue weighted by atomic mass is 9.99. The van der Waals surface area contributed by atoms with Crippen LogP contribution in [0, 0.1) is 0 Å². The fraction of sp³-hybridized carbons (Fsp3) is 0.235. The van der Waals surface area contributed by atoms with Crippen LogP contribution in [0.5, 0.6) is 5.75 Å². The SMILES string of the molecule is O=C(O)c1ccc(CN2CCc3ccccc3C2)cc1O. The molecule has 0 saturated heterocycles. The van der Waals surface area contributed by atoms with E-state index in [0.29, 0.717) is 6.54 Å². The minimum atomic E-state index is -1.11. The summed E-state index contributed by atoms with van der Waals surface area (Å²) in [5, 5.41) is 18.7. The Bertz CT molecular complexity index is 681. The number of carbonyl (C=O) groups is 1. The molecular weight excluding hydrogens is 266 g/mol. The fourth-order valence-corrected chi connectivity index (χ4v) is 2.80. The van der Waals surface area contributed by atoms with Crippen LogP contribution in [-0.4, -0.2) is 27.6 Å². The molecule has 0 fully saturated rings. The van der Waals surface area contributed by atoms with Crippen LogP contribution >= 0.6 is 0 Å². The van der Waals surface area contributed by atoms with E-state index in [1.54, 1.807) is 12.1 Å². The molecule has 1 heterocycles. The van der Waals surface area contributed by atoms with Gasteiger partial charge in [-0.1, -0.05) is 30.3 Å². The highest BCUT2D eigenvalue weighted by atomic mass is 16.4. The van der Waals surface area contributed by atoms with Crippen LogP contribution < -0.4 is 0 Å². The highest BCUT2D eigenvalue weighted by Crippen LogP contribution is 2.23. The first kappa shape index (κ1) is 13.6. The van der Waals surface area contributed by atoms with Gasteiger partial charge in [-0.15, -0.1) is 0 Å². The van der Waals surface area contributed by atoms with E-state index in [0.717, 1.165) is 25.1 Å². The van der Waals surface area contributed by atoms with Crippen LogP contribution in [-0.2, 0) is 19.5 Å². The second-order valence-electron chi connectivity index (χ2n) is 5.39. The van der Waals surface area contributed by atoms with E-state index in [1.807, 2.05) is 0 Å². The number of aromatic carboxylic acids is 1. The number of rotatable bonds is 3. The first-order valence-corrected chi connectivity index (χ1v) is 6.98. The van der Waals surface area contributed by atoms with Gasteiger partial charge in [0.1, 0.15) is 11.3 Å². The summed E-state index contributed by atoms with van der Waals surface area (Å²) in [6, 6.07) is 13.2. The van der Waals surface area contributed by atoms with Gasteiger partial charge in [-0.05, 0) is 35.2 Å². The molecule has 21 heavy (non-hydrogen) atoms. The molecule has 0 aliphatic carbocycles. The van der Waals surface area contributed by atoms with Crippen LogP contribution in [0.1, 0.15) is 27.0 Å². The molecule has 2 aromatic rings. The van der Waals surface area contributed by atoms with Crippen molar-refractivity contribution in [2.24, 2.45) is 0 Å². The molecule has 3 rings (SSSR count). The third-order valence-electron chi connectivity index (χ3n) is 3.91. The maximum Gasteiger partial charge on any atom is 0.339 e. The average molecular weight is 283 g/mol. The van der Waals surface area contributed by atoms with Crippen molar-refractivity contribution in [3.63, 3.8) is 0 Å². The molecule has 0 unspecified atom stereocenters. The van der Waals surface area contributed by atoms with Crippen molar-refractivity contribution >= 4 is 5.97 Å². The summed E-state index contributed by atoms with van der Waals surface area (Å²) in [5.74, 6) is -1.27. The van der Waals surface area contributed by atoms with Crippen LogP contribution in [0.4, 0.5) is 0 Å². The molecule has 2 aromatic carbocycles. The number of phenols is 1. The normalized spacial score (nSPS) is 14.7. The Morgan fingerprint density at radius 3 is 2.62 bits per heavy atom.